The van der Waals surface area contributed by atoms with E-state index in [0.29, 0.717) is 44.2 Å². The molecule has 49 heavy (non-hydrogen) atoms. The average molecular weight is 695 g/mol. The maximum atomic E-state index is 14.6. The van der Waals surface area contributed by atoms with E-state index >= 15 is 0 Å². The largest absolute Gasteiger partial charge is 0.444 e. The summed E-state index contributed by atoms with van der Waals surface area (Å²) in [6.07, 6.45) is -1.02. The van der Waals surface area contributed by atoms with E-state index < -0.39 is 29.1 Å². The molecule has 0 radical (unpaired) electrons. The van der Waals surface area contributed by atoms with Crippen LogP contribution < -0.4 is 5.32 Å². The Morgan fingerprint density at radius 2 is 1.76 bits per heavy atom. The first-order chi connectivity index (χ1) is 23.0. The number of ether oxygens (including phenoxy) is 1. The number of aliphatic hydroxyl groups excluding tert-OH is 1. The third-order valence-corrected chi connectivity index (χ3v) is 10.2. The van der Waals surface area contributed by atoms with Gasteiger partial charge < -0.3 is 29.5 Å². The molecule has 4 heterocycles. The number of benzene rings is 1. The molecule has 2 unspecified atom stereocenters. The fourth-order valence-corrected chi connectivity index (χ4v) is 7.62. The minimum absolute atomic E-state index is 0.0441. The minimum Gasteiger partial charge on any atom is -0.444 e. The van der Waals surface area contributed by atoms with Crippen LogP contribution in [0.4, 0.5) is 4.79 Å². The molecule has 2 saturated heterocycles. The summed E-state index contributed by atoms with van der Waals surface area (Å²) in [5, 5.41) is 17.9. The predicted octanol–water partition coefficient (Wildman–Crippen LogP) is 4.92. The summed E-state index contributed by atoms with van der Waals surface area (Å²) in [7, 11) is 0. The molecule has 0 spiro atoms. The molecule has 2 aliphatic rings. The maximum absolute atomic E-state index is 14.6. The molecule has 2 aliphatic heterocycles. The van der Waals surface area contributed by atoms with Crippen LogP contribution in [-0.2, 0) is 14.3 Å². The van der Waals surface area contributed by atoms with Crippen molar-refractivity contribution in [2.75, 3.05) is 39.3 Å². The highest BCUT2D eigenvalue weighted by molar-refractivity contribution is 7.13. The summed E-state index contributed by atoms with van der Waals surface area (Å²) in [5.74, 6) is -0.950. The van der Waals surface area contributed by atoms with Gasteiger partial charge in [-0.15, -0.1) is 11.3 Å². The lowest BCUT2D eigenvalue weighted by molar-refractivity contribution is -0.143. The highest BCUT2D eigenvalue weighted by Crippen LogP contribution is 2.40. The van der Waals surface area contributed by atoms with Crippen molar-refractivity contribution in [3.63, 3.8) is 0 Å². The zero-order valence-corrected chi connectivity index (χ0v) is 30.7. The van der Waals surface area contributed by atoms with E-state index in [2.05, 4.69) is 20.4 Å². The number of hydrogen-bond acceptors (Lipinski definition) is 10. The van der Waals surface area contributed by atoms with Crippen molar-refractivity contribution < 1.29 is 28.8 Å². The fourth-order valence-electron chi connectivity index (χ4n) is 6.81. The van der Waals surface area contributed by atoms with Gasteiger partial charge in [0, 0.05) is 51.8 Å². The Bertz CT molecular complexity index is 1620. The van der Waals surface area contributed by atoms with E-state index in [0.717, 1.165) is 21.7 Å². The van der Waals surface area contributed by atoms with Crippen LogP contribution in [-0.4, -0.2) is 105 Å². The molecule has 12 nitrogen and oxygen atoms in total. The standard InChI is InChI=1S/C36H50N6O6S/c1-22-17-29(48-39-22)30(36(7,8)20-40-13-15-41(16-14-40)34(46)47-35(4,5)6)33(45)42-19-27(43)18-28(42)32(44)38-23(2)25-9-11-26(12-10-25)31-24(3)37-21-49-31/h9-12,17,21,23,27-28,30,43H,13-16,18-20H2,1-8H3,(H,38,44)/t23?,27-,28+,30?/m1/s1. The first-order valence-electron chi connectivity index (χ1n) is 16.9. The van der Waals surface area contributed by atoms with Crippen molar-refractivity contribution in [2.24, 2.45) is 5.41 Å². The molecule has 0 aliphatic carbocycles. The lowest BCUT2D eigenvalue weighted by atomic mass is 9.75. The monoisotopic (exact) mass is 694 g/mol. The molecule has 2 fully saturated rings. The van der Waals surface area contributed by atoms with Crippen LogP contribution in [0.5, 0.6) is 0 Å². The van der Waals surface area contributed by atoms with Crippen LogP contribution in [0.2, 0.25) is 0 Å². The van der Waals surface area contributed by atoms with Gasteiger partial charge in [0.25, 0.3) is 0 Å². The van der Waals surface area contributed by atoms with Gasteiger partial charge in [0.1, 0.15) is 23.3 Å². The second-order valence-electron chi connectivity index (χ2n) is 15.1. The van der Waals surface area contributed by atoms with E-state index in [1.807, 2.05) is 78.2 Å². The van der Waals surface area contributed by atoms with Crippen molar-refractivity contribution in [3.8, 4) is 10.4 Å². The lowest BCUT2D eigenvalue weighted by Gasteiger charge is -2.42. The zero-order chi connectivity index (χ0) is 35.7. The van der Waals surface area contributed by atoms with Gasteiger partial charge in [0.15, 0.2) is 0 Å². The Balaban J connectivity index is 1.29. The summed E-state index contributed by atoms with van der Waals surface area (Å²) in [6.45, 7) is 18.1. The number of nitrogens with zero attached hydrogens (tertiary/aromatic N) is 5. The highest BCUT2D eigenvalue weighted by Gasteiger charge is 2.48. The summed E-state index contributed by atoms with van der Waals surface area (Å²) in [6, 6.07) is 8.64. The van der Waals surface area contributed by atoms with Gasteiger partial charge in [-0.1, -0.05) is 43.3 Å². The first-order valence-corrected chi connectivity index (χ1v) is 17.8. The van der Waals surface area contributed by atoms with Gasteiger partial charge in [-0.05, 0) is 58.1 Å². The predicted molar refractivity (Wildman–Crippen MR) is 187 cm³/mol. The van der Waals surface area contributed by atoms with E-state index in [9.17, 15) is 19.5 Å². The molecule has 2 aromatic heterocycles. The number of nitrogens with one attached hydrogen (secondary N) is 1. The normalized spacial score (nSPS) is 20.3. The Morgan fingerprint density at radius 1 is 1.08 bits per heavy atom. The van der Waals surface area contributed by atoms with Crippen LogP contribution >= 0.6 is 11.3 Å². The average Bonchev–Trinajstić information content (AvgIpc) is 3.76. The smallest absolute Gasteiger partial charge is 0.410 e. The second-order valence-corrected chi connectivity index (χ2v) is 15.9. The number of aryl methyl sites for hydroxylation is 2. The second kappa shape index (κ2) is 14.6. The molecular formula is C36H50N6O6S. The number of likely N-dealkylation sites (tertiary alicyclic amines) is 1. The van der Waals surface area contributed by atoms with Crippen molar-refractivity contribution >= 4 is 29.2 Å². The Labute approximate surface area is 292 Å². The summed E-state index contributed by atoms with van der Waals surface area (Å²) < 4.78 is 11.3. The van der Waals surface area contributed by atoms with Crippen LogP contribution in [0.25, 0.3) is 10.4 Å². The number of amides is 3. The zero-order valence-electron chi connectivity index (χ0n) is 29.9. The van der Waals surface area contributed by atoms with Crippen LogP contribution in [0, 0.1) is 19.3 Å². The van der Waals surface area contributed by atoms with Gasteiger partial charge in [-0.25, -0.2) is 9.78 Å². The van der Waals surface area contributed by atoms with Crippen LogP contribution in [0.15, 0.2) is 40.4 Å². The van der Waals surface area contributed by atoms with Crippen LogP contribution in [0.3, 0.4) is 0 Å². The number of β-amino-alcohol motifs (C(OH)–C–C–N with tert-alkyl or cyclic N) is 1. The molecule has 2 N–H and O–H groups in total. The molecule has 0 saturated carbocycles. The molecule has 5 rings (SSSR count). The third-order valence-electron chi connectivity index (χ3n) is 9.26. The molecule has 13 heteroatoms. The summed E-state index contributed by atoms with van der Waals surface area (Å²) in [5.41, 5.74) is 4.23. The summed E-state index contributed by atoms with van der Waals surface area (Å²) in [4.78, 5) is 51.9. The molecule has 4 atom stereocenters. The first kappa shape index (κ1) is 36.5. The molecule has 3 aromatic rings. The number of carbonyl (C=O) groups is 3. The molecular weight excluding hydrogens is 644 g/mol. The fraction of sp³-hybridized carbons (Fsp3) is 0.583. The number of hydrogen-bond donors (Lipinski definition) is 2. The van der Waals surface area contributed by atoms with Crippen LogP contribution in [0.1, 0.15) is 82.6 Å². The van der Waals surface area contributed by atoms with Gasteiger partial charge >= 0.3 is 6.09 Å². The number of aromatic nitrogens is 2. The maximum Gasteiger partial charge on any atom is 0.410 e. The van der Waals surface area contributed by atoms with Crippen molar-refractivity contribution in [3.05, 3.63) is 58.6 Å². The minimum atomic E-state index is -0.844. The number of carbonyl (C=O) groups excluding carboxylic acids is 3. The molecule has 266 valence electrons. The van der Waals surface area contributed by atoms with Gasteiger partial charge in [-0.3, -0.25) is 14.5 Å². The Morgan fingerprint density at radius 3 is 2.33 bits per heavy atom. The van der Waals surface area contributed by atoms with Gasteiger partial charge in [-0.2, -0.15) is 0 Å². The van der Waals surface area contributed by atoms with Crippen molar-refractivity contribution in [1.29, 1.82) is 0 Å². The number of thiazole rings is 1. The van der Waals surface area contributed by atoms with E-state index in [-0.39, 0.29) is 36.9 Å². The quantitative estimate of drug-likeness (QED) is 0.320. The van der Waals surface area contributed by atoms with E-state index in [1.165, 1.54) is 4.90 Å². The lowest BCUT2D eigenvalue weighted by Crippen LogP contribution is -2.54. The summed E-state index contributed by atoms with van der Waals surface area (Å²) >= 11 is 1.59. The number of piperazine rings is 1. The van der Waals surface area contributed by atoms with E-state index in [1.54, 1.807) is 29.2 Å². The van der Waals surface area contributed by atoms with Crippen molar-refractivity contribution in [2.45, 2.75) is 91.5 Å². The topological polar surface area (TPSA) is 141 Å². The number of rotatable bonds is 9. The Kier molecular flexibility index (Phi) is 10.9. The highest BCUT2D eigenvalue weighted by atomic mass is 32.1. The number of aliphatic hydroxyl groups is 1. The SMILES string of the molecule is Cc1cc(C(C(=O)N2C[C@H](O)C[C@H]2C(=O)NC(C)c2ccc(-c3scnc3C)cc2)C(C)(C)CN2CCN(C(=O)OC(C)(C)C)CC2)on1. The Hall–Kier alpha value is -3.81. The molecule has 3 amide bonds. The molecule has 1 aromatic carbocycles. The van der Waals surface area contributed by atoms with Crippen molar-refractivity contribution in [1.82, 2.24) is 30.2 Å². The van der Waals surface area contributed by atoms with Gasteiger partial charge in [0.2, 0.25) is 11.8 Å². The van der Waals surface area contributed by atoms with Gasteiger partial charge in [0.05, 0.1) is 33.9 Å². The van der Waals surface area contributed by atoms with E-state index in [4.69, 9.17) is 9.26 Å². The third kappa shape index (κ3) is 8.68. The molecule has 0 bridgehead atoms.